The van der Waals surface area contributed by atoms with Crippen LogP contribution in [0.3, 0.4) is 0 Å². The SMILES string of the molecule is CC(C)(C)OC(=O)N1[C@H](CO)[C@H]2OC(C)(C)O[C@H]2[C@@H]1c1cnc2c(O)nc(N)[nH]c1-2. The van der Waals surface area contributed by atoms with Gasteiger partial charge in [-0.15, -0.1) is 0 Å². The number of aliphatic hydroxyl groups is 1. The van der Waals surface area contributed by atoms with Crippen molar-refractivity contribution in [2.75, 3.05) is 12.3 Å². The second-order valence-electron chi connectivity index (χ2n) is 9.03. The molecular weight excluding hydrogens is 394 g/mol. The largest absolute Gasteiger partial charge is 0.492 e. The smallest absolute Gasteiger partial charge is 0.411 e. The molecule has 4 atom stereocenters. The fraction of sp³-hybridized carbons (Fsp3) is 0.632. The Labute approximate surface area is 173 Å². The molecule has 11 nitrogen and oxygen atoms in total. The quantitative estimate of drug-likeness (QED) is 0.562. The average Bonchev–Trinajstić information content (AvgIpc) is 3.21. The monoisotopic (exact) mass is 421 g/mol. The highest BCUT2D eigenvalue weighted by molar-refractivity contribution is 5.73. The Balaban J connectivity index is 1.83. The minimum Gasteiger partial charge on any atom is -0.492 e. The number of fused-ring (bicyclic) bond motifs is 2. The van der Waals surface area contributed by atoms with Crippen LogP contribution in [0.2, 0.25) is 0 Å². The third kappa shape index (κ3) is 3.32. The molecule has 0 saturated carbocycles. The lowest BCUT2D eigenvalue weighted by Gasteiger charge is -2.34. The molecule has 5 N–H and O–H groups in total. The van der Waals surface area contributed by atoms with Gasteiger partial charge in [-0.3, -0.25) is 4.90 Å². The number of aliphatic hydroxyl groups excluding tert-OH is 1. The first-order valence-electron chi connectivity index (χ1n) is 9.73. The number of nitrogens with two attached hydrogens (primary N) is 1. The van der Waals surface area contributed by atoms with Crippen molar-refractivity contribution in [2.45, 2.75) is 70.3 Å². The van der Waals surface area contributed by atoms with Crippen molar-refractivity contribution in [3.05, 3.63) is 11.8 Å². The lowest BCUT2D eigenvalue weighted by Crippen LogP contribution is -2.47. The molecule has 4 aliphatic heterocycles. The Hall–Kier alpha value is -2.63. The lowest BCUT2D eigenvalue weighted by molar-refractivity contribution is -0.169. The fourth-order valence-electron chi connectivity index (χ4n) is 4.21. The molecule has 0 bridgehead atoms. The maximum absolute atomic E-state index is 13.2. The van der Waals surface area contributed by atoms with Gasteiger partial charge in [-0.2, -0.15) is 4.98 Å². The van der Waals surface area contributed by atoms with Gasteiger partial charge in [0.2, 0.25) is 11.8 Å². The van der Waals surface area contributed by atoms with Gasteiger partial charge in [-0.05, 0) is 34.6 Å². The van der Waals surface area contributed by atoms with E-state index < -0.39 is 41.8 Å². The van der Waals surface area contributed by atoms with E-state index in [1.807, 2.05) is 0 Å². The van der Waals surface area contributed by atoms with Crippen molar-refractivity contribution < 1.29 is 29.2 Å². The van der Waals surface area contributed by atoms with Crippen molar-refractivity contribution in [1.29, 1.82) is 0 Å². The van der Waals surface area contributed by atoms with Crippen LogP contribution >= 0.6 is 0 Å². The molecule has 0 aromatic carbocycles. The summed E-state index contributed by atoms with van der Waals surface area (Å²) in [5.41, 5.74) is 6.21. The predicted molar refractivity (Wildman–Crippen MR) is 105 cm³/mol. The topological polar surface area (TPSA) is 156 Å². The number of aromatic hydroxyl groups is 1. The molecule has 0 unspecified atom stereocenters. The maximum Gasteiger partial charge on any atom is 0.411 e. The van der Waals surface area contributed by atoms with E-state index in [0.717, 1.165) is 0 Å². The summed E-state index contributed by atoms with van der Waals surface area (Å²) in [6.45, 7) is 8.49. The van der Waals surface area contributed by atoms with Crippen LogP contribution in [0.15, 0.2) is 6.20 Å². The zero-order valence-electron chi connectivity index (χ0n) is 17.5. The summed E-state index contributed by atoms with van der Waals surface area (Å²) in [6.07, 6.45) is -0.274. The van der Waals surface area contributed by atoms with Gasteiger partial charge in [-0.1, -0.05) is 0 Å². The number of H-pyrrole nitrogens is 1. The van der Waals surface area contributed by atoms with E-state index in [9.17, 15) is 15.0 Å². The molecule has 0 aromatic rings. The standard InChI is InChI=1S/C19H27N5O6/c1-18(2,3)30-17(27)24-9(7-25)13-14(29-19(4,5)28-13)12(24)8-6-21-11-10(8)22-16(20)23-15(11)26/h6,9,12-14,25-26H,7H2,1-5H3,(H3,20,22,23)/t9-,12+,13-,14+/m1/s1. The molecule has 4 aliphatic rings. The number of amides is 1. The number of nitrogens with zero attached hydrogens (tertiary/aromatic N) is 3. The molecule has 2 fully saturated rings. The minimum atomic E-state index is -0.900. The number of rotatable bonds is 2. The molecule has 0 radical (unpaired) electrons. The summed E-state index contributed by atoms with van der Waals surface area (Å²) in [5, 5.41) is 20.3. The van der Waals surface area contributed by atoms with Gasteiger partial charge < -0.3 is 35.1 Å². The molecule has 2 saturated heterocycles. The number of ether oxygens (including phenoxy) is 3. The highest BCUT2D eigenvalue weighted by atomic mass is 16.8. The van der Waals surface area contributed by atoms with Gasteiger partial charge in [0.1, 0.15) is 23.5 Å². The number of hydrogen-bond donors (Lipinski definition) is 4. The summed E-state index contributed by atoms with van der Waals surface area (Å²) in [5.74, 6) is -1.23. The van der Waals surface area contributed by atoms with E-state index in [1.54, 1.807) is 34.6 Å². The summed E-state index contributed by atoms with van der Waals surface area (Å²) >= 11 is 0. The fourth-order valence-corrected chi connectivity index (χ4v) is 4.21. The van der Waals surface area contributed by atoms with Gasteiger partial charge in [0.25, 0.3) is 0 Å². The Morgan fingerprint density at radius 1 is 1.37 bits per heavy atom. The number of anilines is 1. The van der Waals surface area contributed by atoms with Gasteiger partial charge >= 0.3 is 6.09 Å². The predicted octanol–water partition coefficient (Wildman–Crippen LogP) is 1.37. The number of aromatic amines is 1. The summed E-state index contributed by atoms with van der Waals surface area (Å²) in [6, 6.07) is -1.40. The van der Waals surface area contributed by atoms with Crippen LogP contribution in [0.25, 0.3) is 11.4 Å². The molecule has 4 rings (SSSR count). The first-order chi connectivity index (χ1) is 13.9. The normalized spacial score (nSPS) is 28.1. The van der Waals surface area contributed by atoms with Crippen LogP contribution in [0.4, 0.5) is 10.7 Å². The van der Waals surface area contributed by atoms with E-state index in [4.69, 9.17) is 19.9 Å². The van der Waals surface area contributed by atoms with Gasteiger partial charge in [-0.25, -0.2) is 9.78 Å². The molecule has 4 heterocycles. The first-order valence-corrected chi connectivity index (χ1v) is 9.73. The van der Waals surface area contributed by atoms with Crippen molar-refractivity contribution in [2.24, 2.45) is 0 Å². The van der Waals surface area contributed by atoms with Crippen LogP contribution in [-0.2, 0) is 14.2 Å². The van der Waals surface area contributed by atoms with Gasteiger partial charge in [0.05, 0.1) is 24.4 Å². The lowest BCUT2D eigenvalue weighted by atomic mass is 10.0. The maximum atomic E-state index is 13.2. The number of aromatic nitrogens is 3. The highest BCUT2D eigenvalue weighted by Crippen LogP contribution is 2.50. The summed E-state index contributed by atoms with van der Waals surface area (Å²) in [4.78, 5) is 25.5. The van der Waals surface area contributed by atoms with E-state index in [-0.39, 0.29) is 24.1 Å². The van der Waals surface area contributed by atoms with Gasteiger partial charge in [0.15, 0.2) is 5.79 Å². The number of carbonyl (C=O) groups excluding carboxylic acids is 1. The third-order valence-corrected chi connectivity index (χ3v) is 5.17. The summed E-state index contributed by atoms with van der Waals surface area (Å²) in [7, 11) is 0. The van der Waals surface area contributed by atoms with Crippen molar-refractivity contribution in [3.8, 4) is 17.3 Å². The number of nitrogen functional groups attached to an aromatic ring is 1. The molecular formula is C19H27N5O6. The molecule has 1 amide bonds. The Bertz CT molecular complexity index is 938. The van der Waals surface area contributed by atoms with Crippen molar-refractivity contribution in [1.82, 2.24) is 19.9 Å². The molecule has 0 aliphatic carbocycles. The molecule has 164 valence electrons. The van der Waals surface area contributed by atoms with Crippen LogP contribution in [0.1, 0.15) is 46.2 Å². The zero-order chi connectivity index (χ0) is 22.0. The van der Waals surface area contributed by atoms with E-state index in [1.165, 1.54) is 11.1 Å². The van der Waals surface area contributed by atoms with E-state index in [0.29, 0.717) is 11.3 Å². The van der Waals surface area contributed by atoms with E-state index in [2.05, 4.69) is 15.0 Å². The second kappa shape index (κ2) is 6.69. The second-order valence-corrected chi connectivity index (χ2v) is 9.03. The number of carbonyl (C=O) groups is 1. The van der Waals surface area contributed by atoms with Crippen LogP contribution < -0.4 is 5.73 Å². The minimum absolute atomic E-state index is 0.00440. The van der Waals surface area contributed by atoms with Crippen molar-refractivity contribution in [3.63, 3.8) is 0 Å². The first kappa shape index (κ1) is 20.6. The molecule has 30 heavy (non-hydrogen) atoms. The Morgan fingerprint density at radius 3 is 2.67 bits per heavy atom. The molecule has 0 spiro atoms. The Morgan fingerprint density at radius 2 is 2.03 bits per heavy atom. The average molecular weight is 421 g/mol. The number of hydrogen-bond acceptors (Lipinski definition) is 9. The highest BCUT2D eigenvalue weighted by Gasteiger charge is 2.61. The van der Waals surface area contributed by atoms with Crippen LogP contribution in [0, 0.1) is 0 Å². The third-order valence-electron chi connectivity index (χ3n) is 5.17. The van der Waals surface area contributed by atoms with Crippen LogP contribution in [-0.4, -0.2) is 72.4 Å². The zero-order valence-corrected chi connectivity index (χ0v) is 17.5. The molecule has 11 heteroatoms. The van der Waals surface area contributed by atoms with Gasteiger partial charge in [0, 0.05) is 11.8 Å². The number of likely N-dealkylation sites (tertiary alicyclic amines) is 1. The van der Waals surface area contributed by atoms with E-state index >= 15 is 0 Å². The van der Waals surface area contributed by atoms with Crippen LogP contribution in [0.5, 0.6) is 5.88 Å². The Kier molecular flexibility index (Phi) is 4.60. The summed E-state index contributed by atoms with van der Waals surface area (Å²) < 4.78 is 17.8. The molecule has 0 aromatic heterocycles. The number of nitrogens with one attached hydrogen (secondary N) is 1. The van der Waals surface area contributed by atoms with Crippen molar-refractivity contribution >= 4 is 12.0 Å².